The number of carboxylic acids is 1. The summed E-state index contributed by atoms with van der Waals surface area (Å²) in [6, 6.07) is 7.11. The molecule has 104 valence electrons. The van der Waals surface area contributed by atoms with Gasteiger partial charge in [-0.15, -0.1) is 0 Å². The van der Waals surface area contributed by atoms with Crippen LogP contribution in [0, 0.1) is 0 Å². The molecule has 1 N–H and O–H groups in total. The Kier molecular flexibility index (Phi) is 4.80. The lowest BCUT2D eigenvalue weighted by Crippen LogP contribution is -2.30. The number of nitrogens with zero attached hydrogens (tertiary/aromatic N) is 1. The maximum absolute atomic E-state index is 12.1. The molecule has 0 aromatic heterocycles. The highest BCUT2D eigenvalue weighted by atomic mass is 35.5. The highest BCUT2D eigenvalue weighted by molar-refractivity contribution is 8.26. The third-order valence-corrected chi connectivity index (χ3v) is 4.18. The van der Waals surface area contributed by atoms with Gasteiger partial charge in [0.2, 0.25) is 0 Å². The van der Waals surface area contributed by atoms with Crippen LogP contribution in [0.15, 0.2) is 29.2 Å². The number of hydrogen-bond donors (Lipinski definition) is 1. The minimum Gasteiger partial charge on any atom is -0.481 e. The zero-order valence-electron chi connectivity index (χ0n) is 10.2. The lowest BCUT2D eigenvalue weighted by molar-refractivity contribution is -0.137. The number of aliphatic carboxylic acids is 1. The van der Waals surface area contributed by atoms with E-state index >= 15 is 0 Å². The third kappa shape index (κ3) is 3.59. The van der Waals surface area contributed by atoms with Crippen molar-refractivity contribution < 1.29 is 14.7 Å². The van der Waals surface area contributed by atoms with Crippen LogP contribution in [-0.4, -0.2) is 32.7 Å². The van der Waals surface area contributed by atoms with Crippen LogP contribution >= 0.6 is 35.6 Å². The number of thioether (sulfide) groups is 1. The van der Waals surface area contributed by atoms with Crippen LogP contribution in [0.4, 0.5) is 0 Å². The third-order valence-electron chi connectivity index (χ3n) is 2.57. The summed E-state index contributed by atoms with van der Waals surface area (Å²) in [5.41, 5.74) is 0.802. The van der Waals surface area contributed by atoms with Gasteiger partial charge in [0.05, 0.1) is 11.3 Å². The lowest BCUT2D eigenvalue weighted by atomic mass is 10.2. The number of amides is 1. The largest absolute Gasteiger partial charge is 0.481 e. The molecule has 7 heteroatoms. The lowest BCUT2D eigenvalue weighted by Gasteiger charge is -2.12. The molecule has 0 saturated carbocycles. The molecule has 1 aromatic rings. The van der Waals surface area contributed by atoms with Gasteiger partial charge in [-0.1, -0.05) is 47.7 Å². The van der Waals surface area contributed by atoms with E-state index in [-0.39, 0.29) is 18.9 Å². The Balaban J connectivity index is 2.17. The van der Waals surface area contributed by atoms with E-state index < -0.39 is 5.97 Å². The first-order chi connectivity index (χ1) is 9.47. The number of carboxylic acid groups (broad SMARTS) is 1. The first-order valence-electron chi connectivity index (χ1n) is 5.70. The van der Waals surface area contributed by atoms with Crippen molar-refractivity contribution in [1.82, 2.24) is 4.90 Å². The van der Waals surface area contributed by atoms with Gasteiger partial charge in [0.1, 0.15) is 4.32 Å². The van der Waals surface area contributed by atoms with Crippen LogP contribution in [0.3, 0.4) is 0 Å². The van der Waals surface area contributed by atoms with Gasteiger partial charge in [0.25, 0.3) is 5.91 Å². The molecular formula is C13H10ClNO3S2. The van der Waals surface area contributed by atoms with Gasteiger partial charge in [-0.3, -0.25) is 14.5 Å². The summed E-state index contributed by atoms with van der Waals surface area (Å²) in [4.78, 5) is 24.5. The van der Waals surface area contributed by atoms with Crippen LogP contribution in [0.2, 0.25) is 5.02 Å². The predicted octanol–water partition coefficient (Wildman–Crippen LogP) is 3.02. The summed E-state index contributed by atoms with van der Waals surface area (Å²) in [5, 5.41) is 9.24. The minimum absolute atomic E-state index is 0.0902. The molecule has 0 aliphatic carbocycles. The SMILES string of the molecule is O=C(O)CCN1C(=O)/C(=C\c2cccc(Cl)c2)SC1=S. The van der Waals surface area contributed by atoms with Crippen LogP contribution in [0.1, 0.15) is 12.0 Å². The van der Waals surface area contributed by atoms with Gasteiger partial charge in [-0.05, 0) is 23.8 Å². The van der Waals surface area contributed by atoms with Gasteiger partial charge in [0, 0.05) is 11.6 Å². The van der Waals surface area contributed by atoms with Crippen molar-refractivity contribution in [3.05, 3.63) is 39.8 Å². The van der Waals surface area contributed by atoms with Crippen LogP contribution in [-0.2, 0) is 9.59 Å². The molecule has 2 rings (SSSR count). The van der Waals surface area contributed by atoms with Crippen molar-refractivity contribution in [2.75, 3.05) is 6.54 Å². The molecule has 1 saturated heterocycles. The predicted molar refractivity (Wildman–Crippen MR) is 83.6 cm³/mol. The molecule has 0 spiro atoms. The summed E-state index contributed by atoms with van der Waals surface area (Å²) in [7, 11) is 0. The van der Waals surface area contributed by atoms with E-state index in [1.807, 2.05) is 6.07 Å². The molecule has 1 amide bonds. The maximum atomic E-state index is 12.1. The zero-order chi connectivity index (χ0) is 14.7. The fourth-order valence-corrected chi connectivity index (χ4v) is 3.16. The maximum Gasteiger partial charge on any atom is 0.305 e. The molecule has 0 atom stereocenters. The average molecular weight is 328 g/mol. The van der Waals surface area contributed by atoms with E-state index in [1.54, 1.807) is 24.3 Å². The zero-order valence-corrected chi connectivity index (χ0v) is 12.6. The number of halogens is 1. The number of carbonyl (C=O) groups excluding carboxylic acids is 1. The smallest absolute Gasteiger partial charge is 0.305 e. The second kappa shape index (κ2) is 6.39. The van der Waals surface area contributed by atoms with Crippen LogP contribution in [0.5, 0.6) is 0 Å². The van der Waals surface area contributed by atoms with Gasteiger partial charge in [-0.2, -0.15) is 0 Å². The van der Waals surface area contributed by atoms with E-state index in [2.05, 4.69) is 0 Å². The Hall–Kier alpha value is -1.37. The quantitative estimate of drug-likeness (QED) is 0.680. The second-order valence-electron chi connectivity index (χ2n) is 4.03. The highest BCUT2D eigenvalue weighted by Crippen LogP contribution is 2.32. The number of benzene rings is 1. The van der Waals surface area contributed by atoms with Crippen molar-refractivity contribution in [3.8, 4) is 0 Å². The number of carbonyl (C=O) groups is 2. The number of thiocarbonyl (C=S) groups is 1. The monoisotopic (exact) mass is 327 g/mol. The van der Waals surface area contributed by atoms with Crippen molar-refractivity contribution >= 4 is 57.9 Å². The van der Waals surface area contributed by atoms with E-state index in [0.717, 1.165) is 5.56 Å². The fourth-order valence-electron chi connectivity index (χ4n) is 1.65. The van der Waals surface area contributed by atoms with Crippen molar-refractivity contribution in [2.24, 2.45) is 0 Å². The van der Waals surface area contributed by atoms with Gasteiger partial charge < -0.3 is 5.11 Å². The van der Waals surface area contributed by atoms with Crippen LogP contribution < -0.4 is 0 Å². The van der Waals surface area contributed by atoms with E-state index in [9.17, 15) is 9.59 Å². The van der Waals surface area contributed by atoms with Gasteiger partial charge >= 0.3 is 5.97 Å². The Morgan fingerprint density at radius 2 is 2.25 bits per heavy atom. The Morgan fingerprint density at radius 3 is 2.90 bits per heavy atom. The van der Waals surface area contributed by atoms with E-state index in [4.69, 9.17) is 28.9 Å². The Labute approximate surface area is 130 Å². The average Bonchev–Trinajstić information content (AvgIpc) is 2.62. The summed E-state index contributed by atoms with van der Waals surface area (Å²) in [5.74, 6) is -1.22. The molecule has 0 radical (unpaired) electrons. The van der Waals surface area contributed by atoms with Crippen molar-refractivity contribution in [2.45, 2.75) is 6.42 Å². The van der Waals surface area contributed by atoms with E-state index in [1.165, 1.54) is 16.7 Å². The van der Waals surface area contributed by atoms with Crippen LogP contribution in [0.25, 0.3) is 6.08 Å². The molecule has 1 aliphatic rings. The van der Waals surface area contributed by atoms with Crippen molar-refractivity contribution in [1.29, 1.82) is 0 Å². The summed E-state index contributed by atoms with van der Waals surface area (Å²) < 4.78 is 0.379. The molecular weight excluding hydrogens is 318 g/mol. The minimum atomic E-state index is -0.960. The van der Waals surface area contributed by atoms with Gasteiger partial charge in [-0.25, -0.2) is 0 Å². The molecule has 0 bridgehead atoms. The molecule has 1 heterocycles. The number of hydrogen-bond acceptors (Lipinski definition) is 4. The number of rotatable bonds is 4. The fraction of sp³-hybridized carbons (Fsp3) is 0.154. The van der Waals surface area contributed by atoms with Gasteiger partial charge in [0.15, 0.2) is 0 Å². The molecule has 20 heavy (non-hydrogen) atoms. The first kappa shape index (κ1) is 15.0. The highest BCUT2D eigenvalue weighted by Gasteiger charge is 2.31. The topological polar surface area (TPSA) is 57.6 Å². The summed E-state index contributed by atoms with van der Waals surface area (Å²) in [6.45, 7) is 0.0902. The molecule has 4 nitrogen and oxygen atoms in total. The normalized spacial score (nSPS) is 17.1. The first-order valence-corrected chi connectivity index (χ1v) is 7.30. The summed E-state index contributed by atoms with van der Waals surface area (Å²) in [6.07, 6.45) is 1.57. The Morgan fingerprint density at radius 1 is 1.50 bits per heavy atom. The molecule has 1 fully saturated rings. The van der Waals surface area contributed by atoms with Crippen molar-refractivity contribution in [3.63, 3.8) is 0 Å². The molecule has 1 aromatic carbocycles. The standard InChI is InChI=1S/C13H10ClNO3S2/c14-9-3-1-2-8(6-9)7-10-12(18)15(13(19)20-10)5-4-11(16)17/h1-3,6-7H,4-5H2,(H,16,17)/b10-7+. The Bertz CT molecular complexity index is 615. The van der Waals surface area contributed by atoms with E-state index in [0.29, 0.717) is 14.2 Å². The molecule has 1 aliphatic heterocycles. The molecule has 0 unspecified atom stereocenters. The summed E-state index contributed by atoms with van der Waals surface area (Å²) >= 11 is 12.2. The second-order valence-corrected chi connectivity index (χ2v) is 6.14.